The quantitative estimate of drug-likeness (QED) is 0.386. The molecule has 8 nitrogen and oxygen atoms in total. The molecule has 0 aliphatic carbocycles. The third-order valence-electron chi connectivity index (χ3n) is 3.07. The third-order valence-corrected chi connectivity index (χ3v) is 3.07. The Morgan fingerprint density at radius 1 is 1.17 bits per heavy atom. The van der Waals surface area contributed by atoms with Gasteiger partial charge in [0.05, 0.1) is 28.8 Å². The number of esters is 1. The Balaban J connectivity index is 2.35. The number of methoxy groups -OCH3 is 1. The summed E-state index contributed by atoms with van der Waals surface area (Å²) in [6, 6.07) is 9.79. The van der Waals surface area contributed by atoms with E-state index in [0.29, 0.717) is 0 Å². The summed E-state index contributed by atoms with van der Waals surface area (Å²) in [6.45, 7) is 0. The minimum Gasteiger partial charge on any atom is -0.465 e. The van der Waals surface area contributed by atoms with E-state index in [0.717, 1.165) is 6.07 Å². The zero-order chi connectivity index (χ0) is 17.0. The van der Waals surface area contributed by atoms with Crippen molar-refractivity contribution in [3.63, 3.8) is 0 Å². The molecule has 0 aliphatic rings. The predicted octanol–water partition coefficient (Wildman–Crippen LogP) is 2.22. The zero-order valence-electron chi connectivity index (χ0n) is 12.1. The van der Waals surface area contributed by atoms with Gasteiger partial charge in [-0.05, 0) is 18.2 Å². The van der Waals surface area contributed by atoms with Crippen LogP contribution in [0.2, 0.25) is 0 Å². The Morgan fingerprint density at radius 2 is 1.87 bits per heavy atom. The molecule has 2 aromatic carbocycles. The van der Waals surface area contributed by atoms with Gasteiger partial charge in [-0.2, -0.15) is 0 Å². The molecule has 118 valence electrons. The van der Waals surface area contributed by atoms with Gasteiger partial charge in [-0.25, -0.2) is 4.79 Å². The first-order valence-electron chi connectivity index (χ1n) is 6.46. The molecule has 0 saturated carbocycles. The molecule has 0 aliphatic heterocycles. The van der Waals surface area contributed by atoms with E-state index in [1.54, 1.807) is 12.1 Å². The largest absolute Gasteiger partial charge is 0.465 e. The van der Waals surface area contributed by atoms with Crippen LogP contribution in [0.5, 0.6) is 0 Å². The van der Waals surface area contributed by atoms with E-state index >= 15 is 0 Å². The maximum atomic E-state index is 12.3. The first kappa shape index (κ1) is 16.0. The number of carbonyl (C=O) groups excluding carboxylic acids is 2. The van der Waals surface area contributed by atoms with Crippen LogP contribution in [0.25, 0.3) is 0 Å². The van der Waals surface area contributed by atoms with E-state index < -0.39 is 16.8 Å². The SMILES string of the molecule is COC(=O)c1ccccc1NC(=O)c1cc([N+](=O)[O-])ccc1N. The van der Waals surface area contributed by atoms with Gasteiger partial charge >= 0.3 is 5.97 Å². The van der Waals surface area contributed by atoms with Crippen LogP contribution in [0.15, 0.2) is 42.5 Å². The summed E-state index contributed by atoms with van der Waals surface area (Å²) in [5.41, 5.74) is 5.84. The van der Waals surface area contributed by atoms with Crippen LogP contribution in [-0.2, 0) is 4.74 Å². The fourth-order valence-electron chi connectivity index (χ4n) is 1.92. The summed E-state index contributed by atoms with van der Waals surface area (Å²) in [6.07, 6.45) is 0. The van der Waals surface area contributed by atoms with E-state index in [1.165, 1.54) is 31.4 Å². The summed E-state index contributed by atoms with van der Waals surface area (Å²) in [4.78, 5) is 34.2. The summed E-state index contributed by atoms with van der Waals surface area (Å²) in [5, 5.41) is 13.3. The van der Waals surface area contributed by atoms with E-state index in [1.807, 2.05) is 0 Å². The molecule has 3 N–H and O–H groups in total. The minimum absolute atomic E-state index is 0.0566. The Morgan fingerprint density at radius 3 is 2.52 bits per heavy atom. The Kier molecular flexibility index (Phi) is 4.55. The van der Waals surface area contributed by atoms with E-state index in [9.17, 15) is 19.7 Å². The summed E-state index contributed by atoms with van der Waals surface area (Å²) >= 11 is 0. The topological polar surface area (TPSA) is 125 Å². The standard InChI is InChI=1S/C15H13N3O5/c1-23-15(20)10-4-2-3-5-13(10)17-14(19)11-8-9(18(21)22)6-7-12(11)16/h2-8H,16H2,1H3,(H,17,19). The molecular formula is C15H13N3O5. The lowest BCUT2D eigenvalue weighted by atomic mass is 10.1. The van der Waals surface area contributed by atoms with Crippen molar-refractivity contribution in [2.45, 2.75) is 0 Å². The second-order valence-electron chi connectivity index (χ2n) is 4.52. The van der Waals surface area contributed by atoms with Gasteiger partial charge in [-0.1, -0.05) is 12.1 Å². The molecule has 23 heavy (non-hydrogen) atoms. The molecule has 1 amide bonds. The van der Waals surface area contributed by atoms with Crippen molar-refractivity contribution in [3.05, 3.63) is 63.7 Å². The highest BCUT2D eigenvalue weighted by Crippen LogP contribution is 2.22. The lowest BCUT2D eigenvalue weighted by Gasteiger charge is -2.10. The molecule has 0 unspecified atom stereocenters. The number of rotatable bonds is 4. The number of nitro benzene ring substituents is 1. The van der Waals surface area contributed by atoms with Crippen molar-refractivity contribution in [1.82, 2.24) is 0 Å². The maximum absolute atomic E-state index is 12.3. The number of nitrogens with one attached hydrogen (secondary N) is 1. The third kappa shape index (κ3) is 3.43. The van der Waals surface area contributed by atoms with E-state index in [2.05, 4.69) is 10.1 Å². The molecule has 0 radical (unpaired) electrons. The zero-order valence-corrected chi connectivity index (χ0v) is 12.1. The average molecular weight is 315 g/mol. The Bertz CT molecular complexity index is 788. The Labute approximate surface area is 131 Å². The number of anilines is 2. The molecule has 2 aromatic rings. The van der Waals surface area contributed by atoms with Crippen molar-refractivity contribution in [2.24, 2.45) is 0 Å². The molecule has 8 heteroatoms. The predicted molar refractivity (Wildman–Crippen MR) is 83.2 cm³/mol. The van der Waals surface area contributed by atoms with Gasteiger partial charge < -0.3 is 15.8 Å². The monoisotopic (exact) mass is 315 g/mol. The molecular weight excluding hydrogens is 302 g/mol. The summed E-state index contributed by atoms with van der Waals surface area (Å²) in [7, 11) is 1.22. The van der Waals surface area contributed by atoms with Crippen LogP contribution in [-0.4, -0.2) is 23.9 Å². The molecule has 0 heterocycles. The van der Waals surface area contributed by atoms with Crippen LogP contribution in [0.4, 0.5) is 17.1 Å². The summed E-state index contributed by atoms with van der Waals surface area (Å²) in [5.74, 6) is -1.28. The fraction of sp³-hybridized carbons (Fsp3) is 0.0667. The van der Waals surface area contributed by atoms with Crippen molar-refractivity contribution < 1.29 is 19.2 Å². The molecule has 0 bridgehead atoms. The average Bonchev–Trinajstić information content (AvgIpc) is 2.54. The number of non-ortho nitro benzene ring substituents is 1. The number of para-hydroxylation sites is 1. The Hall–Kier alpha value is -3.42. The number of hydrogen-bond donors (Lipinski definition) is 2. The van der Waals surface area contributed by atoms with Crippen LogP contribution in [0.3, 0.4) is 0 Å². The molecule has 0 atom stereocenters. The lowest BCUT2D eigenvalue weighted by Crippen LogP contribution is -2.17. The van der Waals surface area contributed by atoms with Crippen molar-refractivity contribution in [3.8, 4) is 0 Å². The number of nitrogens with two attached hydrogens (primary N) is 1. The first-order chi connectivity index (χ1) is 10.9. The molecule has 0 spiro atoms. The lowest BCUT2D eigenvalue weighted by molar-refractivity contribution is -0.384. The number of nitrogen functional groups attached to an aromatic ring is 1. The number of hydrogen-bond acceptors (Lipinski definition) is 6. The second kappa shape index (κ2) is 6.56. The van der Waals surface area contributed by atoms with E-state index in [4.69, 9.17) is 5.73 Å². The van der Waals surface area contributed by atoms with Crippen LogP contribution >= 0.6 is 0 Å². The number of amides is 1. The second-order valence-corrected chi connectivity index (χ2v) is 4.52. The minimum atomic E-state index is -0.664. The van der Waals surface area contributed by atoms with Crippen molar-refractivity contribution >= 4 is 28.9 Å². The highest BCUT2D eigenvalue weighted by Gasteiger charge is 2.18. The van der Waals surface area contributed by atoms with Gasteiger partial charge in [0.25, 0.3) is 11.6 Å². The van der Waals surface area contributed by atoms with Crippen LogP contribution in [0, 0.1) is 10.1 Å². The number of nitro groups is 1. The van der Waals surface area contributed by atoms with Gasteiger partial charge in [0.15, 0.2) is 0 Å². The molecule has 0 saturated heterocycles. The van der Waals surface area contributed by atoms with Gasteiger partial charge in [-0.3, -0.25) is 14.9 Å². The molecule has 0 aromatic heterocycles. The van der Waals surface area contributed by atoms with Gasteiger partial charge in [0.2, 0.25) is 0 Å². The molecule has 2 rings (SSSR count). The number of carbonyl (C=O) groups is 2. The molecule has 0 fully saturated rings. The maximum Gasteiger partial charge on any atom is 0.339 e. The van der Waals surface area contributed by atoms with Crippen molar-refractivity contribution in [1.29, 1.82) is 0 Å². The first-order valence-corrected chi connectivity index (χ1v) is 6.46. The van der Waals surface area contributed by atoms with Crippen LogP contribution in [0.1, 0.15) is 20.7 Å². The van der Waals surface area contributed by atoms with Crippen LogP contribution < -0.4 is 11.1 Å². The number of ether oxygens (including phenoxy) is 1. The highest BCUT2D eigenvalue weighted by atomic mass is 16.6. The normalized spacial score (nSPS) is 9.96. The highest BCUT2D eigenvalue weighted by molar-refractivity contribution is 6.10. The fourth-order valence-corrected chi connectivity index (χ4v) is 1.92. The number of nitrogens with zero attached hydrogens (tertiary/aromatic N) is 1. The van der Waals surface area contributed by atoms with Gasteiger partial charge in [0, 0.05) is 17.8 Å². The van der Waals surface area contributed by atoms with Gasteiger partial charge in [-0.15, -0.1) is 0 Å². The van der Waals surface area contributed by atoms with Crippen molar-refractivity contribution in [2.75, 3.05) is 18.2 Å². The van der Waals surface area contributed by atoms with Gasteiger partial charge in [0.1, 0.15) is 0 Å². The van der Waals surface area contributed by atoms with E-state index in [-0.39, 0.29) is 28.2 Å². The smallest absolute Gasteiger partial charge is 0.339 e. The number of benzene rings is 2. The summed E-state index contributed by atoms with van der Waals surface area (Å²) < 4.78 is 4.63.